The number of nitrogens with zero attached hydrogens (tertiary/aromatic N) is 2. The molecule has 1 aromatic rings. The molecule has 9 heavy (non-hydrogen) atoms. The van der Waals surface area contributed by atoms with Gasteiger partial charge < -0.3 is 0 Å². The van der Waals surface area contributed by atoms with Gasteiger partial charge in [-0.1, -0.05) is 0 Å². The third-order valence-electron chi connectivity index (χ3n) is 1.20. The maximum absolute atomic E-state index is 4.17. The third kappa shape index (κ3) is 1.31. The van der Waals surface area contributed by atoms with Crippen molar-refractivity contribution in [3.63, 3.8) is 0 Å². The second-order valence-electron chi connectivity index (χ2n) is 2.43. The van der Waals surface area contributed by atoms with Crippen LogP contribution < -0.4 is 0 Å². The summed E-state index contributed by atoms with van der Waals surface area (Å²) in [6, 6.07) is 3.46. The van der Waals surface area contributed by atoms with Gasteiger partial charge in [-0.15, -0.1) is 0 Å². The number of rotatable bonds is 1. The average Bonchev–Trinajstić information content (AvgIpc) is 2.14. The zero-order chi connectivity index (χ0) is 6.85. The summed E-state index contributed by atoms with van der Waals surface area (Å²) in [6.45, 7) is 6.14. The molecule has 1 aromatic heterocycles. The molecule has 0 aliphatic rings. The van der Waals surface area contributed by atoms with Gasteiger partial charge in [0.2, 0.25) is 0 Å². The van der Waals surface area contributed by atoms with Crippen LogP contribution in [0.25, 0.3) is 0 Å². The molecule has 0 aliphatic heterocycles. The van der Waals surface area contributed by atoms with Crippen molar-refractivity contribution in [2.24, 2.45) is 0 Å². The topological polar surface area (TPSA) is 17.8 Å². The molecule has 0 aromatic carbocycles. The number of aryl methyl sites for hydroxylation is 1. The van der Waals surface area contributed by atoms with Gasteiger partial charge in [-0.3, -0.25) is 4.68 Å². The monoisotopic (exact) mass is 123 g/mol. The van der Waals surface area contributed by atoms with Crippen LogP contribution in [0.5, 0.6) is 0 Å². The summed E-state index contributed by atoms with van der Waals surface area (Å²) in [5.74, 6) is 0. The van der Waals surface area contributed by atoms with Gasteiger partial charge >= 0.3 is 0 Å². The smallest absolute Gasteiger partial charge is 0.0673 e. The van der Waals surface area contributed by atoms with E-state index in [-0.39, 0.29) is 0 Å². The van der Waals surface area contributed by atoms with Crippen molar-refractivity contribution >= 4 is 0 Å². The summed E-state index contributed by atoms with van der Waals surface area (Å²) in [4.78, 5) is 0. The predicted molar refractivity (Wildman–Crippen MR) is 36.2 cm³/mol. The Hall–Kier alpha value is -0.790. The maximum atomic E-state index is 4.17. The van der Waals surface area contributed by atoms with Gasteiger partial charge in [-0.05, 0) is 20.8 Å². The SMILES string of the molecule is Cc1[c]cn(C(C)C)n1. The van der Waals surface area contributed by atoms with Crippen LogP contribution in [0.1, 0.15) is 25.6 Å². The molecular weight excluding hydrogens is 112 g/mol. The molecule has 0 spiro atoms. The quantitative estimate of drug-likeness (QED) is 0.554. The first-order valence-electron chi connectivity index (χ1n) is 3.13. The number of aromatic nitrogens is 2. The molecule has 0 bridgehead atoms. The number of hydrogen-bond donors (Lipinski definition) is 0. The van der Waals surface area contributed by atoms with Crippen LogP contribution in [0.4, 0.5) is 0 Å². The molecule has 0 atom stereocenters. The van der Waals surface area contributed by atoms with Gasteiger partial charge in [0, 0.05) is 18.3 Å². The Morgan fingerprint density at radius 3 is 2.56 bits per heavy atom. The van der Waals surface area contributed by atoms with E-state index in [1.165, 1.54) is 0 Å². The fourth-order valence-corrected chi connectivity index (χ4v) is 0.655. The largest absolute Gasteiger partial charge is 0.269 e. The van der Waals surface area contributed by atoms with Crippen molar-refractivity contribution in [2.45, 2.75) is 26.8 Å². The predicted octanol–water partition coefficient (Wildman–Crippen LogP) is 1.57. The lowest BCUT2D eigenvalue weighted by molar-refractivity contribution is 0.529. The maximum Gasteiger partial charge on any atom is 0.0673 e. The molecule has 0 fully saturated rings. The molecule has 0 saturated heterocycles. The highest BCUT2D eigenvalue weighted by molar-refractivity contribution is 4.92. The van der Waals surface area contributed by atoms with Crippen molar-refractivity contribution in [3.8, 4) is 0 Å². The molecule has 2 nitrogen and oxygen atoms in total. The lowest BCUT2D eigenvalue weighted by Gasteiger charge is -2.02. The van der Waals surface area contributed by atoms with Gasteiger partial charge in [0.1, 0.15) is 0 Å². The highest BCUT2D eigenvalue weighted by Crippen LogP contribution is 2.01. The summed E-state index contributed by atoms with van der Waals surface area (Å²) in [5, 5.41) is 4.17. The molecule has 0 N–H and O–H groups in total. The van der Waals surface area contributed by atoms with Crippen molar-refractivity contribution < 1.29 is 0 Å². The lowest BCUT2D eigenvalue weighted by atomic mass is 10.4. The van der Waals surface area contributed by atoms with Gasteiger partial charge in [0.05, 0.1) is 5.69 Å². The van der Waals surface area contributed by atoms with Crippen molar-refractivity contribution in [3.05, 3.63) is 18.0 Å². The Morgan fingerprint density at radius 1 is 1.67 bits per heavy atom. The van der Waals surface area contributed by atoms with E-state index in [0.717, 1.165) is 5.69 Å². The van der Waals surface area contributed by atoms with E-state index in [1.807, 2.05) is 17.8 Å². The molecular formula is C7H11N2. The molecule has 49 valence electrons. The molecule has 0 aliphatic carbocycles. The Morgan fingerprint density at radius 2 is 2.33 bits per heavy atom. The molecule has 0 unspecified atom stereocenters. The standard InChI is InChI=1S/C7H11N2/c1-6(2)9-5-4-7(3)8-9/h5-6H,1-3H3. The van der Waals surface area contributed by atoms with E-state index in [2.05, 4.69) is 25.0 Å². The van der Waals surface area contributed by atoms with Crippen LogP contribution in [0, 0.1) is 13.0 Å². The van der Waals surface area contributed by atoms with E-state index in [0.29, 0.717) is 6.04 Å². The van der Waals surface area contributed by atoms with Gasteiger partial charge in [-0.2, -0.15) is 5.10 Å². The second kappa shape index (κ2) is 2.21. The summed E-state index contributed by atoms with van der Waals surface area (Å²) in [7, 11) is 0. The van der Waals surface area contributed by atoms with Crippen LogP contribution in [0.3, 0.4) is 0 Å². The Kier molecular flexibility index (Phi) is 1.56. The first-order valence-corrected chi connectivity index (χ1v) is 3.13. The molecule has 2 heteroatoms. The fraction of sp³-hybridized carbons (Fsp3) is 0.571. The summed E-state index contributed by atoms with van der Waals surface area (Å²) < 4.78 is 1.90. The minimum Gasteiger partial charge on any atom is -0.269 e. The van der Waals surface area contributed by atoms with E-state index in [4.69, 9.17) is 0 Å². The Bertz CT molecular complexity index is 189. The van der Waals surface area contributed by atoms with Crippen LogP contribution in [0.15, 0.2) is 6.20 Å². The summed E-state index contributed by atoms with van der Waals surface area (Å²) in [5.41, 5.74) is 0.962. The van der Waals surface area contributed by atoms with Crippen molar-refractivity contribution in [1.82, 2.24) is 9.78 Å². The molecule has 1 heterocycles. The highest BCUT2D eigenvalue weighted by atomic mass is 15.3. The molecule has 1 radical (unpaired) electrons. The summed E-state index contributed by atoms with van der Waals surface area (Å²) >= 11 is 0. The molecule has 1 rings (SSSR count). The second-order valence-corrected chi connectivity index (χ2v) is 2.43. The zero-order valence-corrected chi connectivity index (χ0v) is 6.05. The van der Waals surface area contributed by atoms with Gasteiger partial charge in [0.15, 0.2) is 0 Å². The highest BCUT2D eigenvalue weighted by Gasteiger charge is 1.96. The Labute approximate surface area is 55.5 Å². The lowest BCUT2D eigenvalue weighted by Crippen LogP contribution is -2.00. The molecule has 0 saturated carbocycles. The normalized spacial score (nSPS) is 10.7. The Balaban J connectivity index is 2.85. The number of hydrogen-bond acceptors (Lipinski definition) is 1. The zero-order valence-electron chi connectivity index (χ0n) is 6.05. The first kappa shape index (κ1) is 6.33. The van der Waals surface area contributed by atoms with Gasteiger partial charge in [-0.25, -0.2) is 0 Å². The first-order chi connectivity index (χ1) is 4.20. The van der Waals surface area contributed by atoms with E-state index >= 15 is 0 Å². The summed E-state index contributed by atoms with van der Waals surface area (Å²) in [6.07, 6.45) is 1.88. The average molecular weight is 123 g/mol. The fourth-order valence-electron chi connectivity index (χ4n) is 0.655. The van der Waals surface area contributed by atoms with Gasteiger partial charge in [0.25, 0.3) is 0 Å². The van der Waals surface area contributed by atoms with E-state index in [9.17, 15) is 0 Å². The van der Waals surface area contributed by atoms with Crippen LogP contribution in [-0.2, 0) is 0 Å². The van der Waals surface area contributed by atoms with E-state index < -0.39 is 0 Å². The van der Waals surface area contributed by atoms with Crippen LogP contribution >= 0.6 is 0 Å². The minimum atomic E-state index is 0.454. The molecule has 0 amide bonds. The van der Waals surface area contributed by atoms with E-state index in [1.54, 1.807) is 0 Å². The van der Waals surface area contributed by atoms with Crippen LogP contribution in [-0.4, -0.2) is 9.78 Å². The minimum absolute atomic E-state index is 0.454. The van der Waals surface area contributed by atoms with Crippen molar-refractivity contribution in [1.29, 1.82) is 0 Å². The third-order valence-corrected chi connectivity index (χ3v) is 1.20. The van der Waals surface area contributed by atoms with Crippen LogP contribution in [0.2, 0.25) is 0 Å². The van der Waals surface area contributed by atoms with Crippen molar-refractivity contribution in [2.75, 3.05) is 0 Å².